The largest absolute Gasteiger partial charge is 0.506 e. The third kappa shape index (κ3) is 3.28. The molecule has 0 aliphatic carbocycles. The fourth-order valence-electron chi connectivity index (χ4n) is 1.12. The standard InChI is InChI=1S/C10H12O4S/c1-14-10-6-4-3-5-8(10)9(11)7-15(2,12)13/h3-7,11H,1-2H3/b9-7-. The Labute approximate surface area is 88.7 Å². The summed E-state index contributed by atoms with van der Waals surface area (Å²) in [6.07, 6.45) is 1.01. The van der Waals surface area contributed by atoms with E-state index in [1.165, 1.54) is 7.11 Å². The van der Waals surface area contributed by atoms with E-state index in [1.807, 2.05) is 0 Å². The second-order valence-electron chi connectivity index (χ2n) is 3.03. The van der Waals surface area contributed by atoms with Crippen LogP contribution in [0.4, 0.5) is 0 Å². The molecule has 0 bridgehead atoms. The summed E-state index contributed by atoms with van der Waals surface area (Å²) in [5, 5.41) is 10.4. The van der Waals surface area contributed by atoms with Crippen LogP contribution < -0.4 is 4.74 Å². The Bertz CT molecular complexity index is 474. The summed E-state index contributed by atoms with van der Waals surface area (Å²) in [5.74, 6) is 0.102. The topological polar surface area (TPSA) is 63.6 Å². The maximum atomic E-state index is 10.9. The van der Waals surface area contributed by atoms with Crippen LogP contribution in [0.2, 0.25) is 0 Å². The van der Waals surface area contributed by atoms with Crippen LogP contribution >= 0.6 is 0 Å². The van der Waals surface area contributed by atoms with Crippen molar-refractivity contribution in [3.8, 4) is 5.75 Å². The Kier molecular flexibility index (Phi) is 3.36. The molecule has 1 aromatic rings. The van der Waals surface area contributed by atoms with Crippen LogP contribution in [0, 0.1) is 0 Å². The molecule has 5 heteroatoms. The quantitative estimate of drug-likeness (QED) is 0.798. The fourth-order valence-corrected chi connectivity index (χ4v) is 1.66. The van der Waals surface area contributed by atoms with Gasteiger partial charge in [-0.2, -0.15) is 0 Å². The van der Waals surface area contributed by atoms with Crippen molar-refractivity contribution < 1.29 is 18.3 Å². The monoisotopic (exact) mass is 228 g/mol. The number of methoxy groups -OCH3 is 1. The molecule has 0 spiro atoms. The Hall–Kier alpha value is -1.49. The first-order valence-corrected chi connectivity index (χ1v) is 6.13. The van der Waals surface area contributed by atoms with Gasteiger partial charge in [0.15, 0.2) is 9.84 Å². The highest BCUT2D eigenvalue weighted by Gasteiger charge is 2.08. The lowest BCUT2D eigenvalue weighted by atomic mass is 10.2. The van der Waals surface area contributed by atoms with E-state index in [-0.39, 0.29) is 5.76 Å². The molecule has 4 nitrogen and oxygen atoms in total. The fraction of sp³-hybridized carbons (Fsp3) is 0.200. The van der Waals surface area contributed by atoms with Crippen LogP contribution in [0.1, 0.15) is 5.56 Å². The first kappa shape index (κ1) is 11.6. The second-order valence-corrected chi connectivity index (χ2v) is 4.93. The third-order valence-corrected chi connectivity index (χ3v) is 2.36. The number of aliphatic hydroxyl groups excluding tert-OH is 1. The molecule has 0 heterocycles. The highest BCUT2D eigenvalue weighted by molar-refractivity contribution is 7.93. The van der Waals surface area contributed by atoms with E-state index in [1.54, 1.807) is 24.3 Å². The molecule has 0 atom stereocenters. The van der Waals surface area contributed by atoms with Crippen LogP contribution in [-0.2, 0) is 9.84 Å². The molecule has 0 unspecified atom stereocenters. The molecule has 82 valence electrons. The molecule has 0 amide bonds. The molecule has 0 radical (unpaired) electrons. The molecule has 0 saturated carbocycles. The number of hydrogen-bond donors (Lipinski definition) is 1. The number of aliphatic hydroxyl groups is 1. The van der Waals surface area contributed by atoms with E-state index in [0.717, 1.165) is 11.7 Å². The van der Waals surface area contributed by atoms with Gasteiger partial charge >= 0.3 is 0 Å². The highest BCUT2D eigenvalue weighted by atomic mass is 32.2. The van der Waals surface area contributed by atoms with E-state index in [4.69, 9.17) is 4.74 Å². The third-order valence-electron chi connectivity index (χ3n) is 1.71. The molecule has 1 N–H and O–H groups in total. The summed E-state index contributed by atoms with van der Waals surface area (Å²) in [4.78, 5) is 0. The van der Waals surface area contributed by atoms with Crippen molar-refractivity contribution in [2.24, 2.45) is 0 Å². The predicted octanol–water partition coefficient (Wildman–Crippen LogP) is 1.60. The second kappa shape index (κ2) is 4.35. The predicted molar refractivity (Wildman–Crippen MR) is 58.4 cm³/mol. The van der Waals surface area contributed by atoms with Gasteiger partial charge in [0.2, 0.25) is 0 Å². The molecular weight excluding hydrogens is 216 g/mol. The highest BCUT2D eigenvalue weighted by Crippen LogP contribution is 2.24. The van der Waals surface area contributed by atoms with Crippen LogP contribution in [0.25, 0.3) is 5.76 Å². The average Bonchev–Trinajstić information content (AvgIpc) is 2.15. The molecule has 0 aliphatic heterocycles. The smallest absolute Gasteiger partial charge is 0.172 e. The first-order valence-electron chi connectivity index (χ1n) is 4.18. The Morgan fingerprint density at radius 1 is 1.40 bits per heavy atom. The number of benzene rings is 1. The summed E-state index contributed by atoms with van der Waals surface area (Å²) in [6.45, 7) is 0. The molecule has 0 aromatic heterocycles. The van der Waals surface area contributed by atoms with E-state index in [9.17, 15) is 13.5 Å². The van der Waals surface area contributed by atoms with Crippen molar-refractivity contribution >= 4 is 15.6 Å². The van der Waals surface area contributed by atoms with E-state index in [2.05, 4.69) is 0 Å². The SMILES string of the molecule is COc1ccccc1/C(O)=C/S(C)(=O)=O. The molecule has 1 rings (SSSR count). The van der Waals surface area contributed by atoms with Crippen LogP contribution in [-0.4, -0.2) is 26.9 Å². The van der Waals surface area contributed by atoms with E-state index < -0.39 is 9.84 Å². The van der Waals surface area contributed by atoms with Gasteiger partial charge in [-0.3, -0.25) is 0 Å². The lowest BCUT2D eigenvalue weighted by Gasteiger charge is -2.06. The van der Waals surface area contributed by atoms with Crippen molar-refractivity contribution in [2.75, 3.05) is 13.4 Å². The first-order chi connectivity index (χ1) is 6.94. The van der Waals surface area contributed by atoms with Gasteiger partial charge in [-0.1, -0.05) is 12.1 Å². The van der Waals surface area contributed by atoms with Crippen LogP contribution in [0.15, 0.2) is 29.7 Å². The number of hydrogen-bond acceptors (Lipinski definition) is 4. The number of rotatable bonds is 3. The van der Waals surface area contributed by atoms with Crippen molar-refractivity contribution in [1.29, 1.82) is 0 Å². The van der Waals surface area contributed by atoms with Crippen LogP contribution in [0.3, 0.4) is 0 Å². The molecule has 0 fully saturated rings. The average molecular weight is 228 g/mol. The minimum absolute atomic E-state index is 0.324. The lowest BCUT2D eigenvalue weighted by molar-refractivity contribution is 0.408. The number of para-hydroxylation sites is 1. The summed E-state index contributed by atoms with van der Waals surface area (Å²) in [6, 6.07) is 6.64. The Morgan fingerprint density at radius 2 is 2.00 bits per heavy atom. The minimum Gasteiger partial charge on any atom is -0.506 e. The Morgan fingerprint density at radius 3 is 2.53 bits per heavy atom. The van der Waals surface area contributed by atoms with Gasteiger partial charge in [-0.15, -0.1) is 0 Å². The van der Waals surface area contributed by atoms with Crippen molar-refractivity contribution in [3.05, 3.63) is 35.2 Å². The minimum atomic E-state index is -3.36. The van der Waals surface area contributed by atoms with Gasteiger partial charge in [0.1, 0.15) is 11.5 Å². The van der Waals surface area contributed by atoms with Gasteiger partial charge in [-0.05, 0) is 12.1 Å². The summed E-state index contributed by atoms with van der Waals surface area (Å²) < 4.78 is 26.9. The maximum absolute atomic E-state index is 10.9. The van der Waals surface area contributed by atoms with Gasteiger partial charge in [-0.25, -0.2) is 8.42 Å². The van der Waals surface area contributed by atoms with Crippen molar-refractivity contribution in [1.82, 2.24) is 0 Å². The van der Waals surface area contributed by atoms with Gasteiger partial charge in [0.05, 0.1) is 18.1 Å². The molecule has 15 heavy (non-hydrogen) atoms. The van der Waals surface area contributed by atoms with Gasteiger partial charge in [0, 0.05) is 6.26 Å². The molecule has 1 aromatic carbocycles. The van der Waals surface area contributed by atoms with Crippen molar-refractivity contribution in [3.63, 3.8) is 0 Å². The van der Waals surface area contributed by atoms with E-state index >= 15 is 0 Å². The summed E-state index contributed by atoms with van der Waals surface area (Å²) in [5.41, 5.74) is 0.352. The number of ether oxygens (including phenoxy) is 1. The molecule has 0 aliphatic rings. The maximum Gasteiger partial charge on any atom is 0.172 e. The van der Waals surface area contributed by atoms with Gasteiger partial charge < -0.3 is 9.84 Å². The summed E-state index contributed by atoms with van der Waals surface area (Å²) >= 11 is 0. The zero-order valence-electron chi connectivity index (χ0n) is 8.47. The summed E-state index contributed by atoms with van der Waals surface area (Å²) in [7, 11) is -1.91. The Balaban J connectivity index is 3.22. The lowest BCUT2D eigenvalue weighted by Crippen LogP contribution is -1.95. The zero-order valence-corrected chi connectivity index (χ0v) is 9.28. The normalized spacial score (nSPS) is 12.5. The van der Waals surface area contributed by atoms with E-state index in [0.29, 0.717) is 11.3 Å². The van der Waals surface area contributed by atoms with Crippen LogP contribution in [0.5, 0.6) is 5.75 Å². The molecular formula is C10H12O4S. The number of sulfone groups is 1. The zero-order chi connectivity index (χ0) is 11.5. The van der Waals surface area contributed by atoms with Crippen molar-refractivity contribution in [2.45, 2.75) is 0 Å². The van der Waals surface area contributed by atoms with Gasteiger partial charge in [0.25, 0.3) is 0 Å². The molecule has 0 saturated heterocycles.